The number of amides is 1. The molecule has 0 fully saturated rings. The van der Waals surface area contributed by atoms with Crippen molar-refractivity contribution in [3.8, 4) is 0 Å². The molecule has 0 atom stereocenters. The predicted octanol–water partition coefficient (Wildman–Crippen LogP) is 3.00. The van der Waals surface area contributed by atoms with Crippen LogP contribution in [0, 0.1) is 0 Å². The standard InChI is InChI=1S/C11H7F3N2O2S/c1-5(17)6-2-3-7-8(4-6)19-10(15-7)16-9(18)11(12,13)14/h2-4H,1H3,(H,15,16,18). The van der Waals surface area contributed by atoms with E-state index in [-0.39, 0.29) is 10.9 Å². The summed E-state index contributed by atoms with van der Waals surface area (Å²) in [6.45, 7) is 1.38. The van der Waals surface area contributed by atoms with Crippen molar-refractivity contribution in [1.29, 1.82) is 0 Å². The molecule has 1 heterocycles. The topological polar surface area (TPSA) is 59.1 Å². The van der Waals surface area contributed by atoms with Crippen LogP contribution in [-0.2, 0) is 4.79 Å². The number of ketones is 1. The third kappa shape index (κ3) is 2.90. The minimum atomic E-state index is -4.96. The number of carbonyl (C=O) groups excluding carboxylic acids is 2. The van der Waals surface area contributed by atoms with E-state index >= 15 is 0 Å². The largest absolute Gasteiger partial charge is 0.471 e. The Bertz CT molecular complexity index is 663. The fourth-order valence-electron chi connectivity index (χ4n) is 1.37. The lowest BCUT2D eigenvalue weighted by atomic mass is 10.1. The van der Waals surface area contributed by atoms with Crippen molar-refractivity contribution in [3.05, 3.63) is 23.8 Å². The Morgan fingerprint density at radius 2 is 2.00 bits per heavy atom. The monoisotopic (exact) mass is 288 g/mol. The van der Waals surface area contributed by atoms with Crippen LogP contribution < -0.4 is 5.32 Å². The quantitative estimate of drug-likeness (QED) is 0.864. The van der Waals surface area contributed by atoms with Crippen molar-refractivity contribution in [2.24, 2.45) is 0 Å². The molecule has 1 aromatic carbocycles. The van der Waals surface area contributed by atoms with E-state index in [4.69, 9.17) is 0 Å². The summed E-state index contributed by atoms with van der Waals surface area (Å²) in [5, 5.41) is 1.52. The van der Waals surface area contributed by atoms with Crippen molar-refractivity contribution >= 4 is 38.4 Å². The molecule has 0 saturated carbocycles. The molecule has 0 aliphatic heterocycles. The number of aromatic nitrogens is 1. The SMILES string of the molecule is CC(=O)c1ccc2nc(NC(=O)C(F)(F)F)sc2c1. The Morgan fingerprint density at radius 1 is 1.32 bits per heavy atom. The maximum Gasteiger partial charge on any atom is 0.471 e. The van der Waals surface area contributed by atoms with Crippen molar-refractivity contribution in [2.75, 3.05) is 5.32 Å². The number of hydrogen-bond acceptors (Lipinski definition) is 4. The number of nitrogens with zero attached hydrogens (tertiary/aromatic N) is 1. The van der Waals surface area contributed by atoms with Gasteiger partial charge in [0.1, 0.15) is 0 Å². The second-order valence-corrected chi connectivity index (χ2v) is 4.74. The Morgan fingerprint density at radius 3 is 2.58 bits per heavy atom. The molecule has 0 spiro atoms. The van der Waals surface area contributed by atoms with Crippen molar-refractivity contribution in [2.45, 2.75) is 13.1 Å². The van der Waals surface area contributed by atoms with E-state index in [1.54, 1.807) is 5.32 Å². The second kappa shape index (κ2) is 4.61. The first-order valence-corrected chi connectivity index (χ1v) is 5.89. The number of benzene rings is 1. The fraction of sp³-hybridized carbons (Fsp3) is 0.182. The number of alkyl halides is 3. The van der Waals surface area contributed by atoms with E-state index in [0.717, 1.165) is 11.3 Å². The summed E-state index contributed by atoms with van der Waals surface area (Å²) in [7, 11) is 0. The molecule has 0 aliphatic carbocycles. The Balaban J connectivity index is 2.32. The molecule has 2 rings (SSSR count). The molecule has 0 bridgehead atoms. The molecule has 19 heavy (non-hydrogen) atoms. The van der Waals surface area contributed by atoms with Crippen LogP contribution in [0.15, 0.2) is 18.2 Å². The van der Waals surface area contributed by atoms with Crippen LogP contribution in [0.3, 0.4) is 0 Å². The number of hydrogen-bond donors (Lipinski definition) is 1. The van der Waals surface area contributed by atoms with Gasteiger partial charge in [0.2, 0.25) is 0 Å². The van der Waals surface area contributed by atoms with Crippen molar-refractivity contribution < 1.29 is 22.8 Å². The first-order valence-electron chi connectivity index (χ1n) is 5.07. The van der Waals surface area contributed by atoms with E-state index < -0.39 is 12.1 Å². The molecule has 1 N–H and O–H groups in total. The summed E-state index contributed by atoms with van der Waals surface area (Å²) in [6, 6.07) is 4.57. The van der Waals surface area contributed by atoms with E-state index in [0.29, 0.717) is 15.8 Å². The molecule has 0 radical (unpaired) electrons. The lowest BCUT2D eigenvalue weighted by Gasteiger charge is -2.03. The zero-order chi connectivity index (χ0) is 14.2. The van der Waals surface area contributed by atoms with Gasteiger partial charge in [0, 0.05) is 5.56 Å². The Kier molecular flexibility index (Phi) is 3.27. The van der Waals surface area contributed by atoms with E-state index in [2.05, 4.69) is 4.98 Å². The number of carbonyl (C=O) groups is 2. The van der Waals surface area contributed by atoms with Gasteiger partial charge in [-0.3, -0.25) is 14.9 Å². The molecule has 1 aromatic heterocycles. The Labute approximate surface area is 109 Å². The average molecular weight is 288 g/mol. The number of Topliss-reactive ketones (excluding diaryl/α,β-unsaturated/α-hetero) is 1. The van der Waals surface area contributed by atoms with Crippen LogP contribution in [0.2, 0.25) is 0 Å². The number of anilines is 1. The third-order valence-corrected chi connectivity index (χ3v) is 3.21. The highest BCUT2D eigenvalue weighted by molar-refractivity contribution is 7.22. The maximum atomic E-state index is 12.1. The highest BCUT2D eigenvalue weighted by Crippen LogP contribution is 2.28. The predicted molar refractivity (Wildman–Crippen MR) is 64.3 cm³/mol. The highest BCUT2D eigenvalue weighted by Gasteiger charge is 2.39. The lowest BCUT2D eigenvalue weighted by molar-refractivity contribution is -0.167. The van der Waals surface area contributed by atoms with Crippen molar-refractivity contribution in [1.82, 2.24) is 4.98 Å². The average Bonchev–Trinajstić information content (AvgIpc) is 2.68. The maximum absolute atomic E-state index is 12.1. The first kappa shape index (κ1) is 13.5. The Hall–Kier alpha value is -1.96. The van der Waals surface area contributed by atoms with Gasteiger partial charge in [-0.1, -0.05) is 11.3 Å². The van der Waals surface area contributed by atoms with Gasteiger partial charge in [0.25, 0.3) is 0 Å². The van der Waals surface area contributed by atoms with Crippen LogP contribution >= 0.6 is 11.3 Å². The van der Waals surface area contributed by atoms with Gasteiger partial charge >= 0.3 is 12.1 Å². The summed E-state index contributed by atoms with van der Waals surface area (Å²) >= 11 is 0.878. The minimum absolute atomic E-state index is 0.155. The normalized spacial score (nSPS) is 11.6. The van der Waals surface area contributed by atoms with E-state index in [1.807, 2.05) is 0 Å². The second-order valence-electron chi connectivity index (χ2n) is 3.71. The molecule has 2 aromatic rings. The molecular formula is C11H7F3N2O2S. The van der Waals surface area contributed by atoms with Gasteiger partial charge in [0.15, 0.2) is 10.9 Å². The highest BCUT2D eigenvalue weighted by atomic mass is 32.1. The smallest absolute Gasteiger partial charge is 0.295 e. The van der Waals surface area contributed by atoms with Crippen LogP contribution in [0.1, 0.15) is 17.3 Å². The number of nitrogens with one attached hydrogen (secondary N) is 1. The zero-order valence-electron chi connectivity index (χ0n) is 9.54. The summed E-state index contributed by atoms with van der Waals surface area (Å²) in [5.41, 5.74) is 0.859. The molecule has 0 aliphatic rings. The summed E-state index contributed by atoms with van der Waals surface area (Å²) in [6.07, 6.45) is -4.96. The molecule has 0 saturated heterocycles. The first-order chi connectivity index (χ1) is 8.77. The van der Waals surface area contributed by atoms with Crippen LogP contribution in [0.4, 0.5) is 18.3 Å². The molecular weight excluding hydrogens is 281 g/mol. The van der Waals surface area contributed by atoms with Gasteiger partial charge in [-0.15, -0.1) is 0 Å². The molecule has 4 nitrogen and oxygen atoms in total. The van der Waals surface area contributed by atoms with Crippen LogP contribution in [0.25, 0.3) is 10.2 Å². The van der Waals surface area contributed by atoms with Gasteiger partial charge in [-0.25, -0.2) is 4.98 Å². The molecule has 0 unspecified atom stereocenters. The third-order valence-electron chi connectivity index (χ3n) is 2.27. The number of rotatable bonds is 2. The molecule has 8 heteroatoms. The fourth-order valence-corrected chi connectivity index (χ4v) is 2.27. The van der Waals surface area contributed by atoms with Gasteiger partial charge in [-0.2, -0.15) is 13.2 Å². The summed E-state index contributed by atoms with van der Waals surface area (Å²) in [4.78, 5) is 25.8. The molecule has 100 valence electrons. The molecule has 1 amide bonds. The van der Waals surface area contributed by atoms with Gasteiger partial charge in [0.05, 0.1) is 10.2 Å². The van der Waals surface area contributed by atoms with Crippen molar-refractivity contribution in [3.63, 3.8) is 0 Å². The number of thiazole rings is 1. The van der Waals surface area contributed by atoms with E-state index in [1.165, 1.54) is 25.1 Å². The van der Waals surface area contributed by atoms with E-state index in [9.17, 15) is 22.8 Å². The summed E-state index contributed by atoms with van der Waals surface area (Å²) in [5.74, 6) is -2.23. The number of halogens is 3. The van der Waals surface area contributed by atoms with Crippen LogP contribution in [-0.4, -0.2) is 22.9 Å². The van der Waals surface area contributed by atoms with Gasteiger partial charge in [-0.05, 0) is 25.1 Å². The lowest BCUT2D eigenvalue weighted by Crippen LogP contribution is -2.29. The zero-order valence-corrected chi connectivity index (χ0v) is 10.4. The number of fused-ring (bicyclic) bond motifs is 1. The van der Waals surface area contributed by atoms with Crippen LogP contribution in [0.5, 0.6) is 0 Å². The minimum Gasteiger partial charge on any atom is -0.295 e. The summed E-state index contributed by atoms with van der Waals surface area (Å²) < 4.78 is 36.8. The van der Waals surface area contributed by atoms with Gasteiger partial charge < -0.3 is 0 Å².